The number of sulfonamides is 1. The minimum Gasteiger partial charge on any atom is -0.399 e. The summed E-state index contributed by atoms with van der Waals surface area (Å²) in [7, 11) is -3.37. The molecule has 1 aromatic carbocycles. The molecule has 0 spiro atoms. The van der Waals surface area contributed by atoms with Gasteiger partial charge >= 0.3 is 0 Å². The highest BCUT2D eigenvalue weighted by atomic mass is 35.5. The van der Waals surface area contributed by atoms with Crippen LogP contribution < -0.4 is 10.5 Å². The number of hydrogen-bond acceptors (Lipinski definition) is 3. The van der Waals surface area contributed by atoms with Gasteiger partial charge in [-0.1, -0.05) is 11.6 Å². The third kappa shape index (κ3) is 1.97. The van der Waals surface area contributed by atoms with Crippen LogP contribution in [0.4, 0.5) is 11.4 Å². The second-order valence-electron chi connectivity index (χ2n) is 4.29. The van der Waals surface area contributed by atoms with E-state index in [9.17, 15) is 8.42 Å². The summed E-state index contributed by atoms with van der Waals surface area (Å²) in [6.45, 7) is 1.72. The minimum atomic E-state index is -3.37. The van der Waals surface area contributed by atoms with E-state index in [0.29, 0.717) is 29.2 Å². The monoisotopic (exact) mass is 260 g/mol. The number of nitrogen functional groups attached to an aromatic ring is 1. The molecule has 16 heavy (non-hydrogen) atoms. The molecule has 4 nitrogen and oxygen atoms in total. The van der Waals surface area contributed by atoms with Crippen LogP contribution in [0.15, 0.2) is 18.2 Å². The Kier molecular flexibility index (Phi) is 2.55. The molecule has 0 heterocycles. The SMILES string of the molecule is CC1(S(=O)(=O)Nc2cc(N)ccc2Cl)CC1. The van der Waals surface area contributed by atoms with E-state index in [2.05, 4.69) is 4.72 Å². The van der Waals surface area contributed by atoms with Gasteiger partial charge in [0.25, 0.3) is 0 Å². The van der Waals surface area contributed by atoms with Gasteiger partial charge in [0.1, 0.15) is 0 Å². The zero-order valence-corrected chi connectivity index (χ0v) is 10.4. The lowest BCUT2D eigenvalue weighted by Crippen LogP contribution is -2.26. The third-order valence-electron chi connectivity index (χ3n) is 2.84. The molecule has 88 valence electrons. The zero-order valence-electron chi connectivity index (χ0n) is 8.83. The highest BCUT2D eigenvalue weighted by Gasteiger charge is 2.50. The normalized spacial score (nSPS) is 18.1. The van der Waals surface area contributed by atoms with Crippen LogP contribution in [0, 0.1) is 0 Å². The molecule has 0 bridgehead atoms. The highest BCUT2D eigenvalue weighted by Crippen LogP contribution is 2.44. The lowest BCUT2D eigenvalue weighted by atomic mass is 10.3. The first-order chi connectivity index (χ1) is 7.34. The molecular formula is C10H13ClN2O2S. The van der Waals surface area contributed by atoms with Crippen LogP contribution >= 0.6 is 11.6 Å². The first kappa shape index (κ1) is 11.5. The lowest BCUT2D eigenvalue weighted by Gasteiger charge is -2.14. The van der Waals surface area contributed by atoms with Crippen molar-refractivity contribution in [2.75, 3.05) is 10.5 Å². The Morgan fingerprint density at radius 3 is 2.62 bits per heavy atom. The Morgan fingerprint density at radius 1 is 1.44 bits per heavy atom. The molecular weight excluding hydrogens is 248 g/mol. The number of benzene rings is 1. The molecule has 1 fully saturated rings. The number of halogens is 1. The summed E-state index contributed by atoms with van der Waals surface area (Å²) in [5, 5.41) is 0.349. The first-order valence-corrected chi connectivity index (χ1v) is 6.78. The molecule has 6 heteroatoms. The van der Waals surface area contributed by atoms with Gasteiger partial charge in [-0.05, 0) is 38.0 Å². The number of rotatable bonds is 3. The van der Waals surface area contributed by atoms with Gasteiger partial charge in [-0.15, -0.1) is 0 Å². The fourth-order valence-electron chi connectivity index (χ4n) is 1.33. The molecule has 0 unspecified atom stereocenters. The lowest BCUT2D eigenvalue weighted by molar-refractivity contribution is 0.587. The van der Waals surface area contributed by atoms with Gasteiger partial charge in [0.05, 0.1) is 15.5 Å². The summed E-state index contributed by atoms with van der Waals surface area (Å²) in [5.41, 5.74) is 6.40. The molecule has 0 atom stereocenters. The van der Waals surface area contributed by atoms with E-state index in [0.717, 1.165) is 0 Å². The zero-order chi connectivity index (χ0) is 12.0. The van der Waals surface area contributed by atoms with Gasteiger partial charge in [0.2, 0.25) is 10.0 Å². The van der Waals surface area contributed by atoms with Crippen LogP contribution in [0.3, 0.4) is 0 Å². The quantitative estimate of drug-likeness (QED) is 0.819. The van der Waals surface area contributed by atoms with Crippen LogP contribution in [0.2, 0.25) is 5.02 Å². The highest BCUT2D eigenvalue weighted by molar-refractivity contribution is 7.94. The van der Waals surface area contributed by atoms with E-state index in [1.807, 2.05) is 0 Å². The molecule has 0 radical (unpaired) electrons. The summed E-state index contributed by atoms with van der Waals surface area (Å²) in [5.74, 6) is 0. The molecule has 0 aromatic heterocycles. The van der Waals surface area contributed by atoms with E-state index < -0.39 is 14.8 Å². The maximum absolute atomic E-state index is 11.9. The van der Waals surface area contributed by atoms with Gasteiger partial charge in [-0.2, -0.15) is 0 Å². The van der Waals surface area contributed by atoms with Gasteiger partial charge in [-0.3, -0.25) is 4.72 Å². The van der Waals surface area contributed by atoms with Crippen LogP contribution in [0.25, 0.3) is 0 Å². The van der Waals surface area contributed by atoms with Crippen LogP contribution in [0.5, 0.6) is 0 Å². The van der Waals surface area contributed by atoms with E-state index in [1.54, 1.807) is 19.1 Å². The second-order valence-corrected chi connectivity index (χ2v) is 6.90. The Hall–Kier alpha value is -0.940. The maximum atomic E-state index is 11.9. The van der Waals surface area contributed by atoms with Crippen molar-refractivity contribution in [1.82, 2.24) is 0 Å². The molecule has 1 saturated carbocycles. The predicted molar refractivity (Wildman–Crippen MR) is 66.0 cm³/mol. The molecule has 1 aliphatic carbocycles. The summed E-state index contributed by atoms with van der Waals surface area (Å²) < 4.78 is 25.7. The average molecular weight is 261 g/mol. The summed E-state index contributed by atoms with van der Waals surface area (Å²) in [4.78, 5) is 0. The smallest absolute Gasteiger partial charge is 0.238 e. The molecule has 1 aliphatic rings. The van der Waals surface area contributed by atoms with Crippen molar-refractivity contribution in [2.24, 2.45) is 0 Å². The van der Waals surface area contributed by atoms with Crippen LogP contribution in [-0.2, 0) is 10.0 Å². The van der Waals surface area contributed by atoms with Crippen molar-refractivity contribution in [3.05, 3.63) is 23.2 Å². The summed E-state index contributed by atoms with van der Waals surface area (Å²) in [6.07, 6.45) is 1.37. The average Bonchev–Trinajstić information content (AvgIpc) is 2.91. The second kappa shape index (κ2) is 3.53. The van der Waals surface area contributed by atoms with E-state index in [4.69, 9.17) is 17.3 Å². The van der Waals surface area contributed by atoms with E-state index >= 15 is 0 Å². The Bertz CT molecular complexity index is 524. The van der Waals surface area contributed by atoms with Gasteiger partial charge in [-0.25, -0.2) is 8.42 Å². The number of hydrogen-bond donors (Lipinski definition) is 2. The van der Waals surface area contributed by atoms with E-state index in [-0.39, 0.29) is 0 Å². The maximum Gasteiger partial charge on any atom is 0.238 e. The van der Waals surface area contributed by atoms with Crippen molar-refractivity contribution in [3.63, 3.8) is 0 Å². The summed E-state index contributed by atoms with van der Waals surface area (Å²) in [6, 6.07) is 4.72. The van der Waals surface area contributed by atoms with Gasteiger partial charge in [0.15, 0.2) is 0 Å². The van der Waals surface area contributed by atoms with Gasteiger partial charge in [0, 0.05) is 5.69 Å². The van der Waals surface area contributed by atoms with Crippen LogP contribution in [-0.4, -0.2) is 13.2 Å². The van der Waals surface area contributed by atoms with Crippen LogP contribution in [0.1, 0.15) is 19.8 Å². The van der Waals surface area contributed by atoms with Crippen molar-refractivity contribution < 1.29 is 8.42 Å². The molecule has 2 rings (SSSR count). The predicted octanol–water partition coefficient (Wildman–Crippen LogP) is 2.22. The Balaban J connectivity index is 2.31. The Labute approximate surface area is 99.8 Å². The molecule has 0 amide bonds. The first-order valence-electron chi connectivity index (χ1n) is 4.91. The standard InChI is InChI=1S/C10H13ClN2O2S/c1-10(4-5-10)16(14,15)13-9-6-7(12)2-3-8(9)11/h2-3,6,13H,4-5,12H2,1H3. The van der Waals surface area contributed by atoms with E-state index in [1.165, 1.54) is 6.07 Å². The largest absolute Gasteiger partial charge is 0.399 e. The van der Waals surface area contributed by atoms with Crippen molar-refractivity contribution in [3.8, 4) is 0 Å². The minimum absolute atomic E-state index is 0.342. The van der Waals surface area contributed by atoms with Crippen molar-refractivity contribution >= 4 is 33.0 Å². The molecule has 3 N–H and O–H groups in total. The fraction of sp³-hybridized carbons (Fsp3) is 0.400. The number of nitrogens with two attached hydrogens (primary N) is 1. The summed E-state index contributed by atoms with van der Waals surface area (Å²) >= 11 is 5.89. The molecule has 0 aliphatic heterocycles. The fourth-order valence-corrected chi connectivity index (χ4v) is 2.90. The molecule has 0 saturated heterocycles. The van der Waals surface area contributed by atoms with Crippen molar-refractivity contribution in [1.29, 1.82) is 0 Å². The Morgan fingerprint density at radius 2 is 2.06 bits per heavy atom. The number of nitrogens with one attached hydrogen (secondary N) is 1. The topological polar surface area (TPSA) is 72.2 Å². The number of anilines is 2. The van der Waals surface area contributed by atoms with Gasteiger partial charge < -0.3 is 5.73 Å². The van der Waals surface area contributed by atoms with Crippen molar-refractivity contribution in [2.45, 2.75) is 24.5 Å². The molecule has 1 aromatic rings. The third-order valence-corrected chi connectivity index (χ3v) is 5.36.